The van der Waals surface area contributed by atoms with E-state index >= 15 is 0 Å². The number of nitrogens with one attached hydrogen (secondary N) is 1. The number of hydrogen-bond donors (Lipinski definition) is 1. The maximum Gasteiger partial charge on any atom is 0.249 e. The summed E-state index contributed by atoms with van der Waals surface area (Å²) < 4.78 is 2.17. The number of H-pyrrole nitrogens is 1. The van der Waals surface area contributed by atoms with Gasteiger partial charge in [-0.05, 0) is 32.9 Å². The normalized spacial score (nSPS) is 12.8. The van der Waals surface area contributed by atoms with Crippen LogP contribution < -0.4 is 10.6 Å². The molecule has 1 N–H and O–H groups in total. The Bertz CT molecular complexity index is 965. The Morgan fingerprint density at radius 1 is 1.04 bits per heavy atom. The Morgan fingerprint density at radius 3 is 2.24 bits per heavy atom. The van der Waals surface area contributed by atoms with E-state index in [9.17, 15) is 0 Å². The summed E-state index contributed by atoms with van der Waals surface area (Å²) in [5, 5.41) is 2.24. The minimum Gasteiger partial charge on any atom is -0.390 e. The molecular weight excluding hydrogens is 303 g/mol. The molecule has 0 aliphatic carbocycles. The van der Waals surface area contributed by atoms with Gasteiger partial charge in [0.25, 0.3) is 0 Å². The monoisotopic (exact) mass is 329 g/mol. The summed E-state index contributed by atoms with van der Waals surface area (Å²) in [6.45, 7) is 20.2. The quantitative estimate of drug-likeness (QED) is 0.759. The van der Waals surface area contributed by atoms with E-state index in [4.69, 9.17) is 0 Å². The first-order valence-corrected chi connectivity index (χ1v) is 8.52. The highest BCUT2D eigenvalue weighted by Gasteiger charge is 2.21. The molecule has 0 saturated carbocycles. The van der Waals surface area contributed by atoms with Crippen molar-refractivity contribution in [2.24, 2.45) is 0 Å². The lowest BCUT2D eigenvalue weighted by Gasteiger charge is -2.07. The second-order valence-electron chi connectivity index (χ2n) is 5.74. The largest absolute Gasteiger partial charge is 0.390 e. The SMILES string of the molecule is C=C/C=c1/c(-c2c(C=C)c(/C=C\C)n([B]C)c2C=C)c(C)[nH]/c1=C/C. The lowest BCUT2D eigenvalue weighted by molar-refractivity contribution is 1.18. The zero-order valence-corrected chi connectivity index (χ0v) is 15.7. The van der Waals surface area contributed by atoms with Crippen LogP contribution in [0, 0.1) is 6.92 Å². The molecule has 0 amide bonds. The Hall–Kier alpha value is -2.68. The van der Waals surface area contributed by atoms with E-state index in [-0.39, 0.29) is 0 Å². The first-order chi connectivity index (χ1) is 12.1. The molecule has 127 valence electrons. The van der Waals surface area contributed by atoms with Crippen LogP contribution in [0.2, 0.25) is 6.82 Å². The molecule has 2 aromatic rings. The highest BCUT2D eigenvalue weighted by molar-refractivity contribution is 6.33. The average molecular weight is 329 g/mol. The molecule has 0 bridgehead atoms. The van der Waals surface area contributed by atoms with E-state index < -0.39 is 0 Å². The summed E-state index contributed by atoms with van der Waals surface area (Å²) in [6.07, 6.45) is 14.0. The Kier molecular flexibility index (Phi) is 5.92. The average Bonchev–Trinajstić information content (AvgIpc) is 3.08. The topological polar surface area (TPSA) is 20.7 Å². The molecule has 0 saturated heterocycles. The smallest absolute Gasteiger partial charge is 0.249 e. The first-order valence-electron chi connectivity index (χ1n) is 8.52. The molecule has 0 fully saturated rings. The molecule has 0 aromatic carbocycles. The van der Waals surface area contributed by atoms with Crippen LogP contribution in [0.3, 0.4) is 0 Å². The zero-order valence-electron chi connectivity index (χ0n) is 15.7. The number of aromatic nitrogens is 2. The summed E-state index contributed by atoms with van der Waals surface area (Å²) in [5.41, 5.74) is 6.71. The second-order valence-corrected chi connectivity index (χ2v) is 5.74. The van der Waals surface area contributed by atoms with Crippen molar-refractivity contribution in [3.63, 3.8) is 0 Å². The van der Waals surface area contributed by atoms with Gasteiger partial charge in [0.2, 0.25) is 7.41 Å². The summed E-state index contributed by atoms with van der Waals surface area (Å²) in [5.74, 6) is 0. The Morgan fingerprint density at radius 2 is 1.76 bits per heavy atom. The van der Waals surface area contributed by atoms with Gasteiger partial charge >= 0.3 is 0 Å². The highest BCUT2D eigenvalue weighted by Crippen LogP contribution is 2.34. The van der Waals surface area contributed by atoms with Crippen molar-refractivity contribution in [3.8, 4) is 11.1 Å². The minimum absolute atomic E-state index is 1.06. The van der Waals surface area contributed by atoms with E-state index in [0.717, 1.165) is 38.8 Å². The van der Waals surface area contributed by atoms with Crippen molar-refractivity contribution in [2.45, 2.75) is 27.6 Å². The molecule has 0 aliphatic rings. The third kappa shape index (κ3) is 3.02. The molecule has 3 heteroatoms. The number of allylic oxidation sites excluding steroid dienone is 2. The molecule has 0 aliphatic heterocycles. The van der Waals surface area contributed by atoms with Crippen LogP contribution in [0.25, 0.3) is 41.5 Å². The maximum absolute atomic E-state index is 4.07. The lowest BCUT2D eigenvalue weighted by atomic mass is 9.97. The standard InChI is InChI=1S/C22H26BN2/c1-8-13-17-18(11-4)24-15(6)21(17)22-16(10-3)20(14-9-2)25(23-7)19(22)12-5/h8-14,24H,1,3,5H2,2,4,6-7H3/b14-9-,17-13+,18-11+. The molecule has 0 unspecified atom stereocenters. The fraction of sp³-hybridized carbons (Fsp3) is 0.182. The number of hydrogen-bond acceptors (Lipinski definition) is 0. The van der Waals surface area contributed by atoms with Crippen LogP contribution in [0.5, 0.6) is 0 Å². The fourth-order valence-corrected chi connectivity index (χ4v) is 3.43. The molecular formula is C22H26BN2. The lowest BCUT2D eigenvalue weighted by Crippen LogP contribution is -2.23. The second kappa shape index (κ2) is 7.93. The van der Waals surface area contributed by atoms with Crippen molar-refractivity contribution in [1.29, 1.82) is 0 Å². The van der Waals surface area contributed by atoms with Gasteiger partial charge < -0.3 is 9.46 Å². The molecule has 25 heavy (non-hydrogen) atoms. The van der Waals surface area contributed by atoms with Crippen molar-refractivity contribution >= 4 is 37.8 Å². The van der Waals surface area contributed by atoms with Gasteiger partial charge in [-0.1, -0.05) is 56.9 Å². The van der Waals surface area contributed by atoms with E-state index in [0.29, 0.717) is 0 Å². The predicted octanol–water partition coefficient (Wildman–Crippen LogP) is 4.39. The maximum atomic E-state index is 4.07. The van der Waals surface area contributed by atoms with E-state index in [1.54, 1.807) is 0 Å². The van der Waals surface area contributed by atoms with Gasteiger partial charge in [0, 0.05) is 44.3 Å². The first kappa shape index (κ1) is 18.7. The Labute approximate surface area is 151 Å². The van der Waals surface area contributed by atoms with E-state index in [2.05, 4.69) is 61.8 Å². The van der Waals surface area contributed by atoms with Gasteiger partial charge in [-0.25, -0.2) is 0 Å². The minimum atomic E-state index is 1.06. The van der Waals surface area contributed by atoms with Crippen molar-refractivity contribution < 1.29 is 0 Å². The fourth-order valence-electron chi connectivity index (χ4n) is 3.43. The van der Waals surface area contributed by atoms with Gasteiger partial charge in [0.15, 0.2) is 0 Å². The number of aryl methyl sites for hydroxylation is 1. The Balaban J connectivity index is 3.12. The molecule has 2 nitrogen and oxygen atoms in total. The summed E-state index contributed by atoms with van der Waals surface area (Å²) in [4.78, 5) is 3.49. The van der Waals surface area contributed by atoms with Crippen LogP contribution in [0.1, 0.15) is 36.5 Å². The molecule has 1 radical (unpaired) electrons. The third-order valence-electron chi connectivity index (χ3n) is 4.38. The summed E-state index contributed by atoms with van der Waals surface area (Å²) in [7, 11) is 2.06. The van der Waals surface area contributed by atoms with Crippen LogP contribution in [-0.4, -0.2) is 16.9 Å². The van der Waals surface area contributed by atoms with Gasteiger partial charge in [0.1, 0.15) is 0 Å². The van der Waals surface area contributed by atoms with Gasteiger partial charge in [-0.2, -0.15) is 0 Å². The summed E-state index contributed by atoms with van der Waals surface area (Å²) >= 11 is 0. The van der Waals surface area contributed by atoms with E-state index in [1.165, 1.54) is 5.56 Å². The van der Waals surface area contributed by atoms with Crippen LogP contribution in [0.15, 0.2) is 31.9 Å². The van der Waals surface area contributed by atoms with Crippen LogP contribution >= 0.6 is 0 Å². The molecule has 2 heterocycles. The van der Waals surface area contributed by atoms with Gasteiger partial charge in [-0.3, -0.25) is 0 Å². The number of rotatable bonds is 6. The van der Waals surface area contributed by atoms with Crippen molar-refractivity contribution in [3.05, 3.63) is 65.1 Å². The van der Waals surface area contributed by atoms with E-state index in [1.807, 2.05) is 45.0 Å². The molecule has 0 atom stereocenters. The highest BCUT2D eigenvalue weighted by atomic mass is 14.9. The number of aromatic amines is 1. The van der Waals surface area contributed by atoms with Crippen molar-refractivity contribution in [1.82, 2.24) is 9.46 Å². The van der Waals surface area contributed by atoms with Crippen molar-refractivity contribution in [2.75, 3.05) is 0 Å². The third-order valence-corrected chi connectivity index (χ3v) is 4.38. The van der Waals surface area contributed by atoms with Crippen LogP contribution in [0.4, 0.5) is 0 Å². The summed E-state index contributed by atoms with van der Waals surface area (Å²) in [6, 6.07) is 0. The van der Waals surface area contributed by atoms with Crippen LogP contribution in [-0.2, 0) is 0 Å². The number of nitrogens with zero attached hydrogens (tertiary/aromatic N) is 1. The predicted molar refractivity (Wildman–Crippen MR) is 115 cm³/mol. The molecule has 2 rings (SSSR count). The molecule has 2 aromatic heterocycles. The van der Waals surface area contributed by atoms with Gasteiger partial charge in [0.05, 0.1) is 0 Å². The molecule has 0 spiro atoms. The van der Waals surface area contributed by atoms with Gasteiger partial charge in [-0.15, -0.1) is 0 Å². The zero-order chi connectivity index (χ0) is 18.6.